The lowest BCUT2D eigenvalue weighted by molar-refractivity contribution is -0.120. The fourth-order valence-corrected chi connectivity index (χ4v) is 3.81. The van der Waals surface area contributed by atoms with Gasteiger partial charge in [-0.1, -0.05) is 17.7 Å². The highest BCUT2D eigenvalue weighted by Gasteiger charge is 2.12. The van der Waals surface area contributed by atoms with Gasteiger partial charge in [0, 0.05) is 10.2 Å². The quantitative estimate of drug-likeness (QED) is 0.608. The number of carbonyl (C=O) groups excluding carboxylic acids is 2. The molecule has 0 fully saturated rings. The number of nitrogens with one attached hydrogen (secondary N) is 3. The minimum Gasteiger partial charge on any atom is -0.376 e. The number of hydrogen-bond acceptors (Lipinski definition) is 4. The standard InChI is InChI=1S/C15H15Br2N3O2S/c1-8-3-4-11(9(2)5-8)18-7-13(21)19-20-15(22)12-6-10(16)14(17)23-12/h3-6,18H,7H2,1-2H3,(H,19,21)(H,20,22). The van der Waals surface area contributed by atoms with Gasteiger partial charge in [-0.15, -0.1) is 11.3 Å². The lowest BCUT2D eigenvalue weighted by atomic mass is 10.1. The molecule has 8 heteroatoms. The smallest absolute Gasteiger partial charge is 0.279 e. The molecule has 0 saturated carbocycles. The Labute approximate surface area is 155 Å². The van der Waals surface area contributed by atoms with Gasteiger partial charge in [-0.05, 0) is 63.4 Å². The van der Waals surface area contributed by atoms with Crippen molar-refractivity contribution in [2.75, 3.05) is 11.9 Å². The van der Waals surface area contributed by atoms with Crippen LogP contribution in [-0.4, -0.2) is 18.4 Å². The first-order valence-corrected chi connectivity index (χ1v) is 9.12. The van der Waals surface area contributed by atoms with E-state index >= 15 is 0 Å². The summed E-state index contributed by atoms with van der Waals surface area (Å²) in [5.41, 5.74) is 7.90. The molecule has 1 heterocycles. The van der Waals surface area contributed by atoms with E-state index in [9.17, 15) is 9.59 Å². The molecule has 23 heavy (non-hydrogen) atoms. The van der Waals surface area contributed by atoms with Gasteiger partial charge in [0.05, 0.1) is 15.2 Å². The Bertz CT molecular complexity index is 727. The summed E-state index contributed by atoms with van der Waals surface area (Å²) in [4.78, 5) is 24.2. The largest absolute Gasteiger partial charge is 0.376 e. The number of amides is 2. The number of benzene rings is 1. The molecule has 0 aliphatic carbocycles. The Hall–Kier alpha value is -1.38. The van der Waals surface area contributed by atoms with Crippen LogP contribution < -0.4 is 16.2 Å². The summed E-state index contributed by atoms with van der Waals surface area (Å²) < 4.78 is 1.63. The number of halogens is 2. The van der Waals surface area contributed by atoms with Crippen LogP contribution in [0.4, 0.5) is 5.69 Å². The van der Waals surface area contributed by atoms with Gasteiger partial charge in [-0.25, -0.2) is 0 Å². The molecule has 122 valence electrons. The van der Waals surface area contributed by atoms with Gasteiger partial charge in [-0.3, -0.25) is 20.4 Å². The van der Waals surface area contributed by atoms with Crippen molar-refractivity contribution in [1.82, 2.24) is 10.9 Å². The Morgan fingerprint density at radius 1 is 1.13 bits per heavy atom. The third kappa shape index (κ3) is 5.05. The van der Waals surface area contributed by atoms with Gasteiger partial charge in [0.15, 0.2) is 0 Å². The molecule has 0 unspecified atom stereocenters. The number of carbonyl (C=O) groups is 2. The van der Waals surface area contributed by atoms with Crippen molar-refractivity contribution in [3.63, 3.8) is 0 Å². The van der Waals surface area contributed by atoms with Gasteiger partial charge in [0.25, 0.3) is 11.8 Å². The molecule has 0 aliphatic heterocycles. The second-order valence-electron chi connectivity index (χ2n) is 4.91. The topological polar surface area (TPSA) is 70.2 Å². The molecule has 0 saturated heterocycles. The predicted octanol–water partition coefficient (Wildman–Crippen LogP) is 3.76. The predicted molar refractivity (Wildman–Crippen MR) is 99.7 cm³/mol. The van der Waals surface area contributed by atoms with Crippen LogP contribution in [0.15, 0.2) is 32.5 Å². The summed E-state index contributed by atoms with van der Waals surface area (Å²) in [6, 6.07) is 7.62. The highest BCUT2D eigenvalue weighted by atomic mass is 79.9. The van der Waals surface area contributed by atoms with E-state index in [2.05, 4.69) is 48.0 Å². The van der Waals surface area contributed by atoms with Crippen LogP contribution in [0.3, 0.4) is 0 Å². The second-order valence-corrected chi connectivity index (χ2v) is 8.13. The average molecular weight is 461 g/mol. The van der Waals surface area contributed by atoms with Crippen molar-refractivity contribution < 1.29 is 9.59 Å². The number of thiophene rings is 1. The molecule has 0 radical (unpaired) electrons. The summed E-state index contributed by atoms with van der Waals surface area (Å²) in [7, 11) is 0. The number of rotatable bonds is 4. The molecule has 0 aliphatic rings. The summed E-state index contributed by atoms with van der Waals surface area (Å²) in [6.45, 7) is 4.06. The monoisotopic (exact) mass is 459 g/mol. The maximum absolute atomic E-state index is 11.9. The Kier molecular flexibility index (Phi) is 6.20. The van der Waals surface area contributed by atoms with Crippen molar-refractivity contribution in [1.29, 1.82) is 0 Å². The minimum absolute atomic E-state index is 0.0714. The van der Waals surface area contributed by atoms with Crippen molar-refractivity contribution in [2.24, 2.45) is 0 Å². The van der Waals surface area contributed by atoms with Crippen molar-refractivity contribution in [3.05, 3.63) is 48.5 Å². The molecule has 1 aromatic heterocycles. The van der Waals surface area contributed by atoms with Crippen LogP contribution >= 0.6 is 43.2 Å². The van der Waals surface area contributed by atoms with Crippen LogP contribution in [0.5, 0.6) is 0 Å². The average Bonchev–Trinajstić information content (AvgIpc) is 2.83. The Morgan fingerprint density at radius 2 is 1.87 bits per heavy atom. The molecule has 0 bridgehead atoms. The third-order valence-corrected chi connectivity index (χ3v) is 6.26. The number of anilines is 1. The lowest BCUT2D eigenvalue weighted by Gasteiger charge is -2.11. The zero-order chi connectivity index (χ0) is 17.0. The van der Waals surface area contributed by atoms with E-state index in [1.165, 1.54) is 11.3 Å². The molecule has 2 amide bonds. The summed E-state index contributed by atoms with van der Waals surface area (Å²) in [5.74, 6) is -0.686. The van der Waals surface area contributed by atoms with E-state index in [-0.39, 0.29) is 18.4 Å². The van der Waals surface area contributed by atoms with Crippen molar-refractivity contribution in [2.45, 2.75) is 13.8 Å². The Balaban J connectivity index is 1.82. The van der Waals surface area contributed by atoms with Crippen LogP contribution in [0.2, 0.25) is 0 Å². The van der Waals surface area contributed by atoms with Gasteiger partial charge >= 0.3 is 0 Å². The minimum atomic E-state index is -0.360. The van der Waals surface area contributed by atoms with E-state index in [0.717, 1.165) is 25.1 Å². The van der Waals surface area contributed by atoms with E-state index in [4.69, 9.17) is 0 Å². The molecule has 2 rings (SSSR count). The maximum Gasteiger partial charge on any atom is 0.279 e. The molecule has 3 N–H and O–H groups in total. The highest BCUT2D eigenvalue weighted by Crippen LogP contribution is 2.32. The van der Waals surface area contributed by atoms with Gasteiger partial charge < -0.3 is 5.32 Å². The van der Waals surface area contributed by atoms with Gasteiger partial charge in [-0.2, -0.15) is 0 Å². The van der Waals surface area contributed by atoms with Gasteiger partial charge in [0.1, 0.15) is 0 Å². The third-order valence-electron chi connectivity index (χ3n) is 3.01. The molecule has 5 nitrogen and oxygen atoms in total. The van der Waals surface area contributed by atoms with Crippen LogP contribution in [0.1, 0.15) is 20.8 Å². The molecule has 0 atom stereocenters. The fraction of sp³-hybridized carbons (Fsp3) is 0.200. The second kappa shape index (κ2) is 7.94. The van der Waals surface area contributed by atoms with Crippen LogP contribution in [0.25, 0.3) is 0 Å². The lowest BCUT2D eigenvalue weighted by Crippen LogP contribution is -2.43. The number of aryl methyl sites for hydroxylation is 2. The van der Waals surface area contributed by atoms with Crippen molar-refractivity contribution >= 4 is 60.7 Å². The summed E-state index contributed by atoms with van der Waals surface area (Å²) in [6.07, 6.45) is 0. The van der Waals surface area contributed by atoms with Gasteiger partial charge in [0.2, 0.25) is 0 Å². The molecule has 2 aromatic rings. The van der Waals surface area contributed by atoms with Crippen molar-refractivity contribution in [3.8, 4) is 0 Å². The Morgan fingerprint density at radius 3 is 2.48 bits per heavy atom. The first-order valence-electron chi connectivity index (χ1n) is 6.72. The maximum atomic E-state index is 11.9. The van der Waals surface area contributed by atoms with Crippen LogP contribution in [-0.2, 0) is 4.79 Å². The molecular weight excluding hydrogens is 446 g/mol. The first-order chi connectivity index (χ1) is 10.9. The molecule has 0 spiro atoms. The van der Waals surface area contributed by atoms with E-state index in [1.807, 2.05) is 32.0 Å². The first kappa shape index (κ1) is 18.0. The number of hydrogen-bond donors (Lipinski definition) is 3. The molecule has 1 aromatic carbocycles. The van der Waals surface area contributed by atoms with Crippen LogP contribution in [0, 0.1) is 13.8 Å². The zero-order valence-corrected chi connectivity index (χ0v) is 16.5. The summed E-state index contributed by atoms with van der Waals surface area (Å²) >= 11 is 7.91. The fourth-order valence-electron chi connectivity index (χ4n) is 1.88. The SMILES string of the molecule is Cc1ccc(NCC(=O)NNC(=O)c2cc(Br)c(Br)s2)c(C)c1. The summed E-state index contributed by atoms with van der Waals surface area (Å²) in [5, 5.41) is 3.04. The van der Waals surface area contributed by atoms with E-state index in [0.29, 0.717) is 4.88 Å². The van der Waals surface area contributed by atoms with E-state index in [1.54, 1.807) is 6.07 Å². The molecular formula is C15H15Br2N3O2S. The highest BCUT2D eigenvalue weighted by molar-refractivity contribution is 9.13. The number of hydrazine groups is 1. The van der Waals surface area contributed by atoms with E-state index < -0.39 is 0 Å². The normalized spacial score (nSPS) is 10.3. The zero-order valence-electron chi connectivity index (χ0n) is 12.5.